The molecule has 1 N–H and O–H groups in total. The Morgan fingerprint density at radius 1 is 1.10 bits per heavy atom. The second-order valence-electron chi connectivity index (χ2n) is 4.94. The molecule has 104 valence electrons. The van der Waals surface area contributed by atoms with Gasteiger partial charge in [0.1, 0.15) is 11.5 Å². The van der Waals surface area contributed by atoms with E-state index in [4.69, 9.17) is 4.42 Å². The Balaban J connectivity index is 2.24. The smallest absolute Gasteiger partial charge is 0.248 e. The van der Waals surface area contributed by atoms with Crippen LogP contribution in [-0.2, 0) is 0 Å². The summed E-state index contributed by atoms with van der Waals surface area (Å²) < 4.78 is 5.94. The first-order valence-electron chi connectivity index (χ1n) is 6.69. The lowest BCUT2D eigenvalue weighted by Gasteiger charge is -2.02. The van der Waals surface area contributed by atoms with Crippen molar-refractivity contribution in [2.75, 3.05) is 0 Å². The number of furan rings is 1. The van der Waals surface area contributed by atoms with Crippen molar-refractivity contribution < 1.29 is 4.42 Å². The second kappa shape index (κ2) is 5.29. The number of aromatic amines is 1. The molecule has 0 bridgehead atoms. The number of pyridine rings is 1. The average Bonchev–Trinajstić information content (AvgIpc) is 2.93. The molecule has 0 fully saturated rings. The SMILES string of the molecule is C=C(C)c1cc(-c2cc[nH]c(=O)c2)c(-c2ccccc2)o1. The Morgan fingerprint density at radius 2 is 1.86 bits per heavy atom. The van der Waals surface area contributed by atoms with Crippen molar-refractivity contribution in [2.24, 2.45) is 0 Å². The van der Waals surface area contributed by atoms with E-state index >= 15 is 0 Å². The lowest BCUT2D eigenvalue weighted by atomic mass is 10.0. The first-order chi connectivity index (χ1) is 10.1. The molecular formula is C18H15NO2. The van der Waals surface area contributed by atoms with Gasteiger partial charge in [-0.05, 0) is 30.2 Å². The normalized spacial score (nSPS) is 10.5. The van der Waals surface area contributed by atoms with Gasteiger partial charge in [-0.1, -0.05) is 36.9 Å². The number of nitrogens with one attached hydrogen (secondary N) is 1. The molecule has 0 spiro atoms. The highest BCUT2D eigenvalue weighted by molar-refractivity contribution is 5.82. The summed E-state index contributed by atoms with van der Waals surface area (Å²) >= 11 is 0. The average molecular weight is 277 g/mol. The van der Waals surface area contributed by atoms with Crippen molar-refractivity contribution in [1.29, 1.82) is 0 Å². The number of hydrogen-bond donors (Lipinski definition) is 1. The van der Waals surface area contributed by atoms with E-state index in [-0.39, 0.29) is 5.56 Å². The quantitative estimate of drug-likeness (QED) is 0.774. The number of H-pyrrole nitrogens is 1. The maximum Gasteiger partial charge on any atom is 0.248 e. The van der Waals surface area contributed by atoms with Gasteiger partial charge in [-0.2, -0.15) is 0 Å². The Hall–Kier alpha value is -2.81. The van der Waals surface area contributed by atoms with Gasteiger partial charge in [0.25, 0.3) is 0 Å². The van der Waals surface area contributed by atoms with Gasteiger partial charge < -0.3 is 9.40 Å². The van der Waals surface area contributed by atoms with E-state index in [0.717, 1.165) is 33.8 Å². The van der Waals surface area contributed by atoms with Gasteiger partial charge in [0.05, 0.1) is 0 Å². The molecule has 0 radical (unpaired) electrons. The Labute approximate surface area is 122 Å². The van der Waals surface area contributed by atoms with Crippen LogP contribution in [0, 0.1) is 0 Å². The topological polar surface area (TPSA) is 46.0 Å². The third-order valence-corrected chi connectivity index (χ3v) is 3.27. The van der Waals surface area contributed by atoms with Crippen LogP contribution in [0.15, 0.2) is 70.5 Å². The fourth-order valence-electron chi connectivity index (χ4n) is 2.23. The molecular weight excluding hydrogens is 262 g/mol. The van der Waals surface area contributed by atoms with Gasteiger partial charge in [-0.15, -0.1) is 0 Å². The molecule has 0 saturated heterocycles. The molecule has 3 aromatic rings. The van der Waals surface area contributed by atoms with Crippen molar-refractivity contribution in [3.05, 3.63) is 77.4 Å². The van der Waals surface area contributed by atoms with E-state index in [2.05, 4.69) is 11.6 Å². The fraction of sp³-hybridized carbons (Fsp3) is 0.0556. The van der Waals surface area contributed by atoms with Gasteiger partial charge in [0, 0.05) is 23.4 Å². The summed E-state index contributed by atoms with van der Waals surface area (Å²) in [6.07, 6.45) is 1.64. The summed E-state index contributed by atoms with van der Waals surface area (Å²) in [4.78, 5) is 14.2. The molecule has 21 heavy (non-hydrogen) atoms. The molecule has 0 aliphatic carbocycles. The van der Waals surface area contributed by atoms with Gasteiger partial charge in [0.15, 0.2) is 0 Å². The zero-order chi connectivity index (χ0) is 14.8. The largest absolute Gasteiger partial charge is 0.456 e. The van der Waals surface area contributed by atoms with Crippen LogP contribution < -0.4 is 5.56 Å². The van der Waals surface area contributed by atoms with Crippen LogP contribution in [-0.4, -0.2) is 4.98 Å². The van der Waals surface area contributed by atoms with Crippen LogP contribution in [0.5, 0.6) is 0 Å². The lowest BCUT2D eigenvalue weighted by Crippen LogP contribution is -2.01. The molecule has 0 atom stereocenters. The van der Waals surface area contributed by atoms with E-state index in [0.29, 0.717) is 0 Å². The monoisotopic (exact) mass is 277 g/mol. The summed E-state index contributed by atoms with van der Waals surface area (Å²) in [5, 5.41) is 0. The molecule has 1 aromatic carbocycles. The molecule has 3 nitrogen and oxygen atoms in total. The van der Waals surface area contributed by atoms with E-state index in [9.17, 15) is 4.79 Å². The number of aromatic nitrogens is 1. The molecule has 0 unspecified atom stereocenters. The maximum atomic E-state index is 11.5. The summed E-state index contributed by atoms with van der Waals surface area (Å²) in [5.41, 5.74) is 3.41. The maximum absolute atomic E-state index is 11.5. The van der Waals surface area contributed by atoms with Crippen molar-refractivity contribution in [1.82, 2.24) is 4.98 Å². The molecule has 3 rings (SSSR count). The summed E-state index contributed by atoms with van der Waals surface area (Å²) in [7, 11) is 0. The molecule has 3 heteroatoms. The molecule has 2 aromatic heterocycles. The van der Waals surface area contributed by atoms with Crippen LogP contribution in [0.2, 0.25) is 0 Å². The Morgan fingerprint density at radius 3 is 2.52 bits per heavy atom. The first kappa shape index (κ1) is 13.2. The zero-order valence-corrected chi connectivity index (χ0v) is 11.7. The highest BCUT2D eigenvalue weighted by Crippen LogP contribution is 2.36. The molecule has 0 saturated carbocycles. The van der Waals surface area contributed by atoms with Crippen LogP contribution in [0.25, 0.3) is 28.0 Å². The minimum atomic E-state index is -0.135. The summed E-state index contributed by atoms with van der Waals surface area (Å²) in [6.45, 7) is 5.82. The predicted octanol–water partition coefficient (Wildman–Crippen LogP) is 4.34. The van der Waals surface area contributed by atoms with E-state index in [1.807, 2.05) is 49.4 Å². The molecule has 2 heterocycles. The van der Waals surface area contributed by atoms with E-state index in [1.165, 1.54) is 0 Å². The van der Waals surface area contributed by atoms with Crippen molar-refractivity contribution in [3.63, 3.8) is 0 Å². The number of hydrogen-bond acceptors (Lipinski definition) is 2. The highest BCUT2D eigenvalue weighted by Gasteiger charge is 2.15. The van der Waals surface area contributed by atoms with Crippen molar-refractivity contribution in [2.45, 2.75) is 6.92 Å². The van der Waals surface area contributed by atoms with Gasteiger partial charge in [0.2, 0.25) is 5.56 Å². The van der Waals surface area contributed by atoms with Gasteiger partial charge in [-0.25, -0.2) is 0 Å². The minimum Gasteiger partial charge on any atom is -0.456 e. The standard InChI is InChI=1S/C18H15NO2/c1-12(2)16-11-15(14-8-9-19-17(20)10-14)18(21-16)13-6-4-3-5-7-13/h3-11H,1H2,2H3,(H,19,20). The zero-order valence-electron chi connectivity index (χ0n) is 11.7. The third kappa shape index (κ3) is 2.58. The summed E-state index contributed by atoms with van der Waals surface area (Å²) in [6, 6.07) is 15.2. The van der Waals surface area contributed by atoms with Crippen LogP contribution in [0.1, 0.15) is 12.7 Å². The number of rotatable bonds is 3. The lowest BCUT2D eigenvalue weighted by molar-refractivity contribution is 0.568. The van der Waals surface area contributed by atoms with Gasteiger partial charge >= 0.3 is 0 Å². The highest BCUT2D eigenvalue weighted by atomic mass is 16.3. The van der Waals surface area contributed by atoms with Crippen molar-refractivity contribution >= 4 is 5.57 Å². The Bertz CT molecular complexity index is 841. The van der Waals surface area contributed by atoms with E-state index < -0.39 is 0 Å². The minimum absolute atomic E-state index is 0.135. The number of benzene rings is 1. The predicted molar refractivity (Wildman–Crippen MR) is 84.9 cm³/mol. The molecule has 0 aliphatic rings. The Kier molecular flexibility index (Phi) is 3.32. The van der Waals surface area contributed by atoms with Crippen LogP contribution >= 0.6 is 0 Å². The van der Waals surface area contributed by atoms with Crippen molar-refractivity contribution in [3.8, 4) is 22.5 Å². The van der Waals surface area contributed by atoms with Crippen LogP contribution in [0.3, 0.4) is 0 Å². The molecule has 0 aliphatic heterocycles. The first-order valence-corrected chi connectivity index (χ1v) is 6.69. The van der Waals surface area contributed by atoms with Crippen LogP contribution in [0.4, 0.5) is 0 Å². The number of allylic oxidation sites excluding steroid dienone is 1. The second-order valence-corrected chi connectivity index (χ2v) is 4.94. The molecule has 0 amide bonds. The summed E-state index contributed by atoms with van der Waals surface area (Å²) in [5.74, 6) is 1.48. The fourth-order valence-corrected chi connectivity index (χ4v) is 2.23. The van der Waals surface area contributed by atoms with E-state index in [1.54, 1.807) is 12.3 Å². The third-order valence-electron chi connectivity index (χ3n) is 3.27. The van der Waals surface area contributed by atoms with Gasteiger partial charge in [-0.3, -0.25) is 4.79 Å².